The maximum Gasteiger partial charge on any atom is 0.382 e. The number of nitrogens with one attached hydrogen (secondary N) is 1. The van der Waals surface area contributed by atoms with E-state index < -0.39 is 10.3 Å². The molecule has 0 saturated heterocycles. The highest BCUT2D eigenvalue weighted by Crippen LogP contribution is 2.36. The second kappa shape index (κ2) is 4.98. The molecule has 21 heavy (non-hydrogen) atoms. The minimum absolute atomic E-state index is 0.0142. The van der Waals surface area contributed by atoms with Crippen molar-refractivity contribution < 1.29 is 17.4 Å². The van der Waals surface area contributed by atoms with Crippen LogP contribution in [-0.4, -0.2) is 14.2 Å². The summed E-state index contributed by atoms with van der Waals surface area (Å²) >= 11 is 0. The first-order valence-corrected chi connectivity index (χ1v) is 7.79. The fourth-order valence-electron chi connectivity index (χ4n) is 2.24. The van der Waals surface area contributed by atoms with Crippen molar-refractivity contribution in [2.45, 2.75) is 13.5 Å². The highest BCUT2D eigenvalue weighted by molar-refractivity contribution is 7.85. The van der Waals surface area contributed by atoms with E-state index in [1.165, 1.54) is 6.92 Å². The summed E-state index contributed by atoms with van der Waals surface area (Å²) in [6.45, 7) is 1.71. The molecule has 2 aromatic rings. The van der Waals surface area contributed by atoms with Crippen LogP contribution in [0.1, 0.15) is 22.8 Å². The van der Waals surface area contributed by atoms with Crippen LogP contribution >= 0.6 is 0 Å². The van der Waals surface area contributed by atoms with Crippen LogP contribution in [0.3, 0.4) is 0 Å². The summed E-state index contributed by atoms with van der Waals surface area (Å²) in [6.07, 6.45) is 0. The van der Waals surface area contributed by atoms with Gasteiger partial charge in [-0.1, -0.05) is 42.5 Å². The average molecular weight is 303 g/mol. The third kappa shape index (κ3) is 2.68. The Hall–Kier alpha value is -2.18. The second-order valence-electron chi connectivity index (χ2n) is 4.79. The molecule has 0 saturated carbocycles. The molecule has 2 aromatic carbocycles. The molecule has 0 aromatic heterocycles. The minimum atomic E-state index is -3.75. The van der Waals surface area contributed by atoms with Gasteiger partial charge in [-0.15, -0.1) is 0 Å². The van der Waals surface area contributed by atoms with E-state index in [0.717, 1.165) is 11.1 Å². The summed E-state index contributed by atoms with van der Waals surface area (Å²) in [5.41, 5.74) is 2.87. The molecule has 0 fully saturated rings. The van der Waals surface area contributed by atoms with E-state index in [1.807, 2.05) is 12.1 Å². The Kier molecular flexibility index (Phi) is 3.27. The molecule has 6 heteroatoms. The zero-order valence-electron chi connectivity index (χ0n) is 11.3. The van der Waals surface area contributed by atoms with Gasteiger partial charge in [0.15, 0.2) is 11.5 Å². The molecule has 0 spiro atoms. The quantitative estimate of drug-likeness (QED) is 0.864. The molecule has 1 aliphatic rings. The lowest BCUT2D eigenvalue weighted by Crippen LogP contribution is -2.32. The van der Waals surface area contributed by atoms with Crippen LogP contribution in [0.5, 0.6) is 5.75 Å². The predicted molar refractivity (Wildman–Crippen MR) is 78.3 cm³/mol. The Morgan fingerprint density at radius 2 is 1.86 bits per heavy atom. The van der Waals surface area contributed by atoms with Crippen LogP contribution in [0, 0.1) is 0 Å². The highest BCUT2D eigenvalue weighted by atomic mass is 32.2. The minimum Gasteiger partial charge on any atom is -0.370 e. The molecule has 0 bridgehead atoms. The van der Waals surface area contributed by atoms with Gasteiger partial charge in [-0.25, -0.2) is 0 Å². The standard InChI is InChI=1S/C15H13NO4S/c1-10(17)11-5-7-12(8-6-11)14-4-2-3-13-9-16-21(18,19)20-15(13)14/h2-8,16H,9H2,1H3. The number of carbonyl (C=O) groups is 1. The fourth-order valence-corrected chi connectivity index (χ4v) is 3.05. The second-order valence-corrected chi connectivity index (χ2v) is 6.15. The summed E-state index contributed by atoms with van der Waals surface area (Å²) in [5, 5.41) is 0. The third-order valence-electron chi connectivity index (χ3n) is 3.33. The topological polar surface area (TPSA) is 72.5 Å². The van der Waals surface area contributed by atoms with E-state index in [4.69, 9.17) is 4.18 Å². The van der Waals surface area contributed by atoms with Crippen LogP contribution in [0.2, 0.25) is 0 Å². The Morgan fingerprint density at radius 3 is 2.52 bits per heavy atom. The molecule has 0 unspecified atom stereocenters. The molecule has 0 amide bonds. The Labute approximate surface area is 122 Å². The summed E-state index contributed by atoms with van der Waals surface area (Å²) in [6, 6.07) is 12.4. The van der Waals surface area contributed by atoms with Crippen LogP contribution in [-0.2, 0) is 16.8 Å². The van der Waals surface area contributed by atoms with Crippen molar-refractivity contribution in [3.8, 4) is 16.9 Å². The van der Waals surface area contributed by atoms with Gasteiger partial charge in [-0.3, -0.25) is 4.79 Å². The molecule has 3 rings (SSSR count). The number of fused-ring (bicyclic) bond motifs is 1. The van der Waals surface area contributed by atoms with Gasteiger partial charge < -0.3 is 4.18 Å². The lowest BCUT2D eigenvalue weighted by Gasteiger charge is -2.20. The lowest BCUT2D eigenvalue weighted by molar-refractivity contribution is 0.101. The van der Waals surface area contributed by atoms with Gasteiger partial charge >= 0.3 is 10.3 Å². The highest BCUT2D eigenvalue weighted by Gasteiger charge is 2.24. The van der Waals surface area contributed by atoms with Crippen LogP contribution < -0.4 is 8.91 Å². The normalized spacial score (nSPS) is 15.9. The first-order chi connectivity index (χ1) is 9.96. The van der Waals surface area contributed by atoms with E-state index in [1.54, 1.807) is 30.3 Å². The molecule has 1 aliphatic heterocycles. The van der Waals surface area contributed by atoms with Crippen LogP contribution in [0.25, 0.3) is 11.1 Å². The van der Waals surface area contributed by atoms with Crippen molar-refractivity contribution in [3.63, 3.8) is 0 Å². The maximum absolute atomic E-state index is 11.6. The number of para-hydroxylation sites is 1. The summed E-state index contributed by atoms with van der Waals surface area (Å²) in [7, 11) is -3.75. The molecule has 1 N–H and O–H groups in total. The molecule has 108 valence electrons. The number of ketones is 1. The van der Waals surface area contributed by atoms with Crippen LogP contribution in [0.4, 0.5) is 0 Å². The predicted octanol–water partition coefficient (Wildman–Crippen LogP) is 2.28. The van der Waals surface area contributed by atoms with Crippen molar-refractivity contribution in [3.05, 3.63) is 53.6 Å². The molecule has 0 atom stereocenters. The molecule has 5 nitrogen and oxygen atoms in total. The summed E-state index contributed by atoms with van der Waals surface area (Å²) in [4.78, 5) is 11.3. The number of hydrogen-bond donors (Lipinski definition) is 1. The Morgan fingerprint density at radius 1 is 1.14 bits per heavy atom. The van der Waals surface area contributed by atoms with Gasteiger partial charge in [-0.05, 0) is 12.5 Å². The smallest absolute Gasteiger partial charge is 0.370 e. The Bertz CT molecular complexity index is 810. The van der Waals surface area contributed by atoms with Crippen molar-refractivity contribution in [1.82, 2.24) is 4.72 Å². The van der Waals surface area contributed by atoms with E-state index in [0.29, 0.717) is 16.9 Å². The van der Waals surface area contributed by atoms with Gasteiger partial charge in [0, 0.05) is 23.2 Å². The number of carbonyl (C=O) groups excluding carboxylic acids is 1. The van der Waals surface area contributed by atoms with Gasteiger partial charge in [0.05, 0.1) is 0 Å². The molecular weight excluding hydrogens is 290 g/mol. The number of rotatable bonds is 2. The van der Waals surface area contributed by atoms with Crippen molar-refractivity contribution in [2.75, 3.05) is 0 Å². The SMILES string of the molecule is CC(=O)c1ccc(-c2cccc3c2OS(=O)(=O)NC3)cc1. The maximum atomic E-state index is 11.6. The van der Waals surface area contributed by atoms with Crippen LogP contribution in [0.15, 0.2) is 42.5 Å². The molecular formula is C15H13NO4S. The third-order valence-corrected chi connectivity index (χ3v) is 4.22. The van der Waals surface area contributed by atoms with Crippen molar-refractivity contribution in [2.24, 2.45) is 0 Å². The zero-order chi connectivity index (χ0) is 15.0. The summed E-state index contributed by atoms with van der Waals surface area (Å²) in [5.74, 6) is 0.325. The largest absolute Gasteiger partial charge is 0.382 e. The van der Waals surface area contributed by atoms with Gasteiger partial charge in [-0.2, -0.15) is 13.1 Å². The average Bonchev–Trinajstić information content (AvgIpc) is 2.46. The molecule has 1 heterocycles. The van der Waals surface area contributed by atoms with E-state index in [-0.39, 0.29) is 12.3 Å². The van der Waals surface area contributed by atoms with Gasteiger partial charge in [0.2, 0.25) is 0 Å². The number of hydrogen-bond acceptors (Lipinski definition) is 4. The first-order valence-electron chi connectivity index (χ1n) is 6.38. The summed E-state index contributed by atoms with van der Waals surface area (Å²) < 4.78 is 30.5. The zero-order valence-corrected chi connectivity index (χ0v) is 12.1. The van der Waals surface area contributed by atoms with E-state index in [9.17, 15) is 13.2 Å². The number of benzene rings is 2. The fraction of sp³-hybridized carbons (Fsp3) is 0.133. The van der Waals surface area contributed by atoms with E-state index in [2.05, 4.69) is 4.72 Å². The van der Waals surface area contributed by atoms with Crippen molar-refractivity contribution in [1.29, 1.82) is 0 Å². The molecule has 0 radical (unpaired) electrons. The number of Topliss-reactive ketones (excluding diaryl/α,β-unsaturated/α-hetero) is 1. The first kappa shape index (κ1) is 13.8. The monoisotopic (exact) mass is 303 g/mol. The van der Waals surface area contributed by atoms with Gasteiger partial charge in [0.1, 0.15) is 0 Å². The van der Waals surface area contributed by atoms with E-state index >= 15 is 0 Å². The molecule has 0 aliphatic carbocycles. The van der Waals surface area contributed by atoms with Crippen molar-refractivity contribution >= 4 is 16.1 Å². The Balaban J connectivity index is 2.09. The lowest BCUT2D eigenvalue weighted by atomic mass is 9.99. The van der Waals surface area contributed by atoms with Gasteiger partial charge in [0.25, 0.3) is 0 Å².